The van der Waals surface area contributed by atoms with Gasteiger partial charge in [-0.15, -0.1) is 0 Å². The Labute approximate surface area is 116 Å². The van der Waals surface area contributed by atoms with Crippen LogP contribution in [0.4, 0.5) is 0 Å². The summed E-state index contributed by atoms with van der Waals surface area (Å²) in [6.45, 7) is 2.01. The lowest BCUT2D eigenvalue weighted by atomic mass is 10.0. The number of rotatable bonds is 3. The van der Waals surface area contributed by atoms with E-state index in [1.807, 2.05) is 31.2 Å². The number of carbonyl (C=O) groups is 1. The summed E-state index contributed by atoms with van der Waals surface area (Å²) in [7, 11) is 0. The molecule has 1 fully saturated rings. The summed E-state index contributed by atoms with van der Waals surface area (Å²) in [6.07, 6.45) is 2.69. The standard InChI is InChI=1S/C14H19BrN2O/c1-9(12-4-2-3-5-13(12)15)17-14(18)10-6-7-11(16)8-10/h2-5,9-11H,6-8,16H2,1H3,(H,17,18). The molecule has 1 amide bonds. The van der Waals surface area contributed by atoms with Crippen LogP contribution in [0.25, 0.3) is 0 Å². The number of nitrogens with two attached hydrogens (primary N) is 1. The molecule has 1 saturated carbocycles. The largest absolute Gasteiger partial charge is 0.349 e. The monoisotopic (exact) mass is 310 g/mol. The first-order chi connectivity index (χ1) is 8.58. The van der Waals surface area contributed by atoms with Crippen molar-refractivity contribution in [2.24, 2.45) is 11.7 Å². The third-order valence-corrected chi connectivity index (χ3v) is 4.30. The summed E-state index contributed by atoms with van der Waals surface area (Å²) in [5.74, 6) is 0.219. The maximum absolute atomic E-state index is 12.1. The molecule has 0 aliphatic heterocycles. The summed E-state index contributed by atoms with van der Waals surface area (Å²) in [5.41, 5.74) is 6.95. The minimum atomic E-state index is 0.0184. The van der Waals surface area contributed by atoms with Crippen LogP contribution in [-0.2, 0) is 4.79 Å². The number of halogens is 1. The molecule has 3 nitrogen and oxygen atoms in total. The molecular formula is C14H19BrN2O. The summed E-state index contributed by atoms with van der Waals surface area (Å²) >= 11 is 3.51. The number of carbonyl (C=O) groups excluding carboxylic acids is 1. The van der Waals surface area contributed by atoms with Crippen molar-refractivity contribution in [1.29, 1.82) is 0 Å². The zero-order valence-electron chi connectivity index (χ0n) is 10.5. The van der Waals surface area contributed by atoms with E-state index in [1.54, 1.807) is 0 Å². The number of nitrogens with one attached hydrogen (secondary N) is 1. The highest BCUT2D eigenvalue weighted by molar-refractivity contribution is 9.10. The second-order valence-electron chi connectivity index (χ2n) is 5.02. The Bertz CT molecular complexity index is 436. The van der Waals surface area contributed by atoms with Gasteiger partial charge >= 0.3 is 0 Å². The lowest BCUT2D eigenvalue weighted by Gasteiger charge is -2.18. The second kappa shape index (κ2) is 5.85. The predicted octanol–water partition coefficient (Wildman–Crippen LogP) is 2.75. The van der Waals surface area contributed by atoms with Gasteiger partial charge in [-0.3, -0.25) is 4.79 Å². The molecular weight excluding hydrogens is 292 g/mol. The van der Waals surface area contributed by atoms with Gasteiger partial charge in [0.2, 0.25) is 5.91 Å². The van der Waals surface area contributed by atoms with Crippen LogP contribution in [0.3, 0.4) is 0 Å². The summed E-state index contributed by atoms with van der Waals surface area (Å²) in [6, 6.07) is 8.18. The SMILES string of the molecule is CC(NC(=O)C1CCC(N)C1)c1ccccc1Br. The molecule has 3 unspecified atom stereocenters. The van der Waals surface area contributed by atoms with Crippen molar-refractivity contribution in [2.45, 2.75) is 38.3 Å². The summed E-state index contributed by atoms with van der Waals surface area (Å²) in [5, 5.41) is 3.08. The van der Waals surface area contributed by atoms with Crippen LogP contribution in [0.5, 0.6) is 0 Å². The number of amides is 1. The lowest BCUT2D eigenvalue weighted by molar-refractivity contribution is -0.125. The van der Waals surface area contributed by atoms with Crippen molar-refractivity contribution in [1.82, 2.24) is 5.32 Å². The highest BCUT2D eigenvalue weighted by Gasteiger charge is 2.28. The molecule has 0 heterocycles. The van der Waals surface area contributed by atoms with Gasteiger partial charge in [-0.25, -0.2) is 0 Å². The second-order valence-corrected chi connectivity index (χ2v) is 5.88. The van der Waals surface area contributed by atoms with Crippen molar-refractivity contribution >= 4 is 21.8 Å². The molecule has 1 aromatic rings. The van der Waals surface area contributed by atoms with E-state index in [-0.39, 0.29) is 23.9 Å². The van der Waals surface area contributed by atoms with E-state index >= 15 is 0 Å². The highest BCUT2D eigenvalue weighted by Crippen LogP contribution is 2.27. The summed E-state index contributed by atoms with van der Waals surface area (Å²) in [4.78, 5) is 12.1. The van der Waals surface area contributed by atoms with Gasteiger partial charge in [0.25, 0.3) is 0 Å². The quantitative estimate of drug-likeness (QED) is 0.902. The van der Waals surface area contributed by atoms with Crippen LogP contribution < -0.4 is 11.1 Å². The molecule has 0 aromatic heterocycles. The van der Waals surface area contributed by atoms with E-state index < -0.39 is 0 Å². The van der Waals surface area contributed by atoms with Gasteiger partial charge in [0.15, 0.2) is 0 Å². The van der Waals surface area contributed by atoms with Crippen LogP contribution in [0.1, 0.15) is 37.8 Å². The molecule has 3 N–H and O–H groups in total. The Morgan fingerprint density at radius 3 is 2.78 bits per heavy atom. The normalized spacial score (nSPS) is 24.8. The smallest absolute Gasteiger partial charge is 0.223 e. The topological polar surface area (TPSA) is 55.1 Å². The van der Waals surface area contributed by atoms with Crippen molar-refractivity contribution in [3.63, 3.8) is 0 Å². The van der Waals surface area contributed by atoms with Gasteiger partial charge in [0.1, 0.15) is 0 Å². The first-order valence-corrected chi connectivity index (χ1v) is 7.17. The molecule has 1 aliphatic carbocycles. The van der Waals surface area contributed by atoms with E-state index in [0.717, 1.165) is 29.3 Å². The fourth-order valence-corrected chi connectivity index (χ4v) is 3.12. The third kappa shape index (κ3) is 3.12. The minimum Gasteiger partial charge on any atom is -0.349 e. The molecule has 98 valence electrons. The third-order valence-electron chi connectivity index (χ3n) is 3.57. The zero-order chi connectivity index (χ0) is 13.1. The van der Waals surface area contributed by atoms with Crippen LogP contribution in [0.15, 0.2) is 28.7 Å². The predicted molar refractivity (Wildman–Crippen MR) is 76.0 cm³/mol. The van der Waals surface area contributed by atoms with Gasteiger partial charge in [-0.2, -0.15) is 0 Å². The van der Waals surface area contributed by atoms with E-state index in [4.69, 9.17) is 5.73 Å². The van der Waals surface area contributed by atoms with Crippen molar-refractivity contribution in [3.8, 4) is 0 Å². The average molecular weight is 311 g/mol. The average Bonchev–Trinajstić information content (AvgIpc) is 2.76. The number of hydrogen-bond acceptors (Lipinski definition) is 2. The van der Waals surface area contributed by atoms with E-state index in [2.05, 4.69) is 21.2 Å². The maximum atomic E-state index is 12.1. The maximum Gasteiger partial charge on any atom is 0.223 e. The fraction of sp³-hybridized carbons (Fsp3) is 0.500. The van der Waals surface area contributed by atoms with Gasteiger partial charge in [-0.1, -0.05) is 34.1 Å². The molecule has 4 heteroatoms. The Morgan fingerprint density at radius 2 is 2.17 bits per heavy atom. The van der Waals surface area contributed by atoms with Gasteiger partial charge in [-0.05, 0) is 37.8 Å². The molecule has 2 rings (SSSR count). The molecule has 0 bridgehead atoms. The zero-order valence-corrected chi connectivity index (χ0v) is 12.1. The molecule has 1 aromatic carbocycles. The van der Waals surface area contributed by atoms with Gasteiger partial charge in [0, 0.05) is 16.4 Å². The van der Waals surface area contributed by atoms with Crippen molar-refractivity contribution < 1.29 is 4.79 Å². The fourth-order valence-electron chi connectivity index (χ4n) is 2.49. The minimum absolute atomic E-state index is 0.0184. The van der Waals surface area contributed by atoms with E-state index in [1.165, 1.54) is 0 Å². The lowest BCUT2D eigenvalue weighted by Crippen LogP contribution is -2.32. The van der Waals surface area contributed by atoms with Gasteiger partial charge < -0.3 is 11.1 Å². The first kappa shape index (κ1) is 13.6. The molecule has 0 radical (unpaired) electrons. The Morgan fingerprint density at radius 1 is 1.44 bits per heavy atom. The van der Waals surface area contributed by atoms with Crippen molar-refractivity contribution in [2.75, 3.05) is 0 Å². The Hall–Kier alpha value is -0.870. The Kier molecular flexibility index (Phi) is 4.40. The van der Waals surface area contributed by atoms with Crippen LogP contribution >= 0.6 is 15.9 Å². The molecule has 1 aliphatic rings. The van der Waals surface area contributed by atoms with Crippen LogP contribution in [0, 0.1) is 5.92 Å². The van der Waals surface area contributed by atoms with Crippen LogP contribution in [-0.4, -0.2) is 11.9 Å². The highest BCUT2D eigenvalue weighted by atomic mass is 79.9. The number of hydrogen-bond donors (Lipinski definition) is 2. The summed E-state index contributed by atoms with van der Waals surface area (Å²) < 4.78 is 1.03. The Balaban J connectivity index is 1.97. The van der Waals surface area contributed by atoms with Crippen LogP contribution in [0.2, 0.25) is 0 Å². The molecule has 0 saturated heterocycles. The molecule has 3 atom stereocenters. The molecule has 18 heavy (non-hydrogen) atoms. The van der Waals surface area contributed by atoms with Crippen molar-refractivity contribution in [3.05, 3.63) is 34.3 Å². The van der Waals surface area contributed by atoms with E-state index in [0.29, 0.717) is 0 Å². The van der Waals surface area contributed by atoms with Gasteiger partial charge in [0.05, 0.1) is 6.04 Å². The number of benzene rings is 1. The van der Waals surface area contributed by atoms with E-state index in [9.17, 15) is 4.79 Å². The molecule has 0 spiro atoms. The first-order valence-electron chi connectivity index (χ1n) is 6.38.